The Bertz CT molecular complexity index is 776. The molecule has 2 aromatic carbocycles. The van der Waals surface area contributed by atoms with E-state index in [4.69, 9.17) is 9.47 Å². The van der Waals surface area contributed by atoms with Gasteiger partial charge < -0.3 is 19.5 Å². The molecule has 0 amide bonds. The average molecular weight is 407 g/mol. The van der Waals surface area contributed by atoms with Gasteiger partial charge in [0.1, 0.15) is 6.04 Å². The summed E-state index contributed by atoms with van der Waals surface area (Å²) in [5.41, 5.74) is 3.37. The first kappa shape index (κ1) is 17.8. The second-order valence-corrected chi connectivity index (χ2v) is 7.04. The number of aliphatic carboxylic acids is 1. The van der Waals surface area contributed by atoms with Crippen molar-refractivity contribution in [3.63, 3.8) is 0 Å². The van der Waals surface area contributed by atoms with Gasteiger partial charge in [-0.1, -0.05) is 28.1 Å². The minimum atomic E-state index is -0.791. The van der Waals surface area contributed by atoms with Crippen LogP contribution in [0.4, 0.5) is 0 Å². The number of halogens is 1. The van der Waals surface area contributed by atoms with Crippen molar-refractivity contribution in [3.05, 3.63) is 57.6 Å². The normalized spacial score (nSPS) is 19.2. The average Bonchev–Trinajstić information content (AvgIpc) is 2.61. The molecule has 0 aliphatic carbocycles. The zero-order valence-corrected chi connectivity index (χ0v) is 15.8. The van der Waals surface area contributed by atoms with Gasteiger partial charge in [0.2, 0.25) is 0 Å². The lowest BCUT2D eigenvalue weighted by Gasteiger charge is -2.34. The van der Waals surface area contributed by atoms with Crippen molar-refractivity contribution < 1.29 is 24.3 Å². The van der Waals surface area contributed by atoms with Crippen LogP contribution in [0.1, 0.15) is 22.7 Å². The number of ether oxygens (including phenoxy) is 2. The topological polar surface area (TPSA) is 60.2 Å². The lowest BCUT2D eigenvalue weighted by Crippen LogP contribution is -3.14. The van der Waals surface area contributed by atoms with Crippen LogP contribution < -0.4 is 14.4 Å². The van der Waals surface area contributed by atoms with E-state index < -0.39 is 5.97 Å². The monoisotopic (exact) mass is 406 g/mol. The first-order chi connectivity index (χ1) is 12.0. The molecule has 6 heteroatoms. The Labute approximate surface area is 155 Å². The van der Waals surface area contributed by atoms with E-state index >= 15 is 0 Å². The second kappa shape index (κ2) is 7.45. The third-order valence-electron chi connectivity index (χ3n) is 4.66. The summed E-state index contributed by atoms with van der Waals surface area (Å²) in [7, 11) is 3.24. The number of quaternary nitrogens is 1. The SMILES string of the molecule is COc1cc2c(cc1OC)C(c1ccc(Br)cc1)[NH+](CC(=O)O)CC2. The number of carbonyl (C=O) groups is 1. The third kappa shape index (κ3) is 3.65. The maximum absolute atomic E-state index is 11.4. The number of carboxylic acid groups (broad SMARTS) is 1. The number of hydrogen-bond acceptors (Lipinski definition) is 3. The minimum absolute atomic E-state index is 0.0484. The molecule has 5 nitrogen and oxygen atoms in total. The second-order valence-electron chi connectivity index (χ2n) is 6.12. The molecule has 0 radical (unpaired) electrons. The molecule has 25 heavy (non-hydrogen) atoms. The zero-order valence-electron chi connectivity index (χ0n) is 14.2. The smallest absolute Gasteiger partial charge is 0.359 e. The molecule has 0 fully saturated rings. The molecule has 132 valence electrons. The van der Waals surface area contributed by atoms with E-state index in [-0.39, 0.29) is 12.6 Å². The maximum atomic E-state index is 11.4. The summed E-state index contributed by atoms with van der Waals surface area (Å²) in [4.78, 5) is 12.4. The molecule has 3 rings (SSSR count). The molecule has 0 aromatic heterocycles. The van der Waals surface area contributed by atoms with Crippen molar-refractivity contribution in [1.29, 1.82) is 0 Å². The number of nitrogens with one attached hydrogen (secondary N) is 1. The van der Waals surface area contributed by atoms with Gasteiger partial charge in [-0.3, -0.25) is 0 Å². The Morgan fingerprint density at radius 1 is 1.20 bits per heavy atom. The fraction of sp³-hybridized carbons (Fsp3) is 0.316. The molecular formula is C19H21BrNO4+. The van der Waals surface area contributed by atoms with Gasteiger partial charge >= 0.3 is 5.97 Å². The fourth-order valence-corrected chi connectivity index (χ4v) is 3.80. The highest BCUT2D eigenvalue weighted by molar-refractivity contribution is 9.10. The van der Waals surface area contributed by atoms with E-state index in [0.29, 0.717) is 11.5 Å². The van der Waals surface area contributed by atoms with Gasteiger partial charge in [-0.15, -0.1) is 0 Å². The minimum Gasteiger partial charge on any atom is -0.493 e. The summed E-state index contributed by atoms with van der Waals surface area (Å²) in [6.07, 6.45) is 0.811. The number of fused-ring (bicyclic) bond motifs is 1. The molecule has 0 saturated carbocycles. The standard InChI is InChI=1S/C19H20BrNO4/c1-24-16-9-13-7-8-21(11-18(22)23)19(15(13)10-17(16)25-2)12-3-5-14(20)6-4-12/h3-6,9-10,19H,7-8,11H2,1-2H3,(H,22,23)/p+1. The molecule has 1 heterocycles. The molecule has 2 aromatic rings. The Kier molecular flexibility index (Phi) is 5.30. The summed E-state index contributed by atoms with van der Waals surface area (Å²) >= 11 is 3.46. The summed E-state index contributed by atoms with van der Waals surface area (Å²) < 4.78 is 11.9. The van der Waals surface area contributed by atoms with Crippen LogP contribution in [0.25, 0.3) is 0 Å². The lowest BCUT2D eigenvalue weighted by atomic mass is 9.87. The van der Waals surface area contributed by atoms with Crippen LogP contribution >= 0.6 is 15.9 Å². The van der Waals surface area contributed by atoms with E-state index in [0.717, 1.165) is 33.5 Å². The number of methoxy groups -OCH3 is 2. The lowest BCUT2D eigenvalue weighted by molar-refractivity contribution is -0.920. The van der Waals surface area contributed by atoms with Gasteiger partial charge in [0.25, 0.3) is 0 Å². The molecule has 2 atom stereocenters. The largest absolute Gasteiger partial charge is 0.493 e. The summed E-state index contributed by atoms with van der Waals surface area (Å²) in [5, 5.41) is 9.33. The van der Waals surface area contributed by atoms with Crippen molar-refractivity contribution in [3.8, 4) is 11.5 Å². The number of benzene rings is 2. The Balaban J connectivity index is 2.12. The van der Waals surface area contributed by atoms with Crippen LogP contribution in [0.5, 0.6) is 11.5 Å². The first-order valence-corrected chi connectivity index (χ1v) is 8.89. The summed E-state index contributed by atoms with van der Waals surface area (Å²) in [6.45, 7) is 0.837. The van der Waals surface area contributed by atoms with Crippen LogP contribution in [-0.4, -0.2) is 38.4 Å². The van der Waals surface area contributed by atoms with Gasteiger partial charge in [-0.05, 0) is 29.8 Å². The quantitative estimate of drug-likeness (QED) is 0.797. The number of hydrogen-bond donors (Lipinski definition) is 2. The van der Waals surface area contributed by atoms with Crippen LogP contribution in [0.15, 0.2) is 40.9 Å². The van der Waals surface area contributed by atoms with Crippen molar-refractivity contribution in [2.45, 2.75) is 12.5 Å². The van der Waals surface area contributed by atoms with E-state index in [9.17, 15) is 9.90 Å². The van der Waals surface area contributed by atoms with E-state index in [1.165, 1.54) is 5.56 Å². The zero-order chi connectivity index (χ0) is 18.0. The van der Waals surface area contributed by atoms with Gasteiger partial charge in [-0.2, -0.15) is 0 Å². The molecule has 1 aliphatic rings. The van der Waals surface area contributed by atoms with E-state index in [1.807, 2.05) is 36.4 Å². The molecule has 1 aliphatic heterocycles. The highest BCUT2D eigenvalue weighted by atomic mass is 79.9. The molecule has 2 unspecified atom stereocenters. The van der Waals surface area contributed by atoms with Gasteiger partial charge in [0, 0.05) is 22.0 Å². The van der Waals surface area contributed by atoms with Gasteiger partial charge in [-0.25, -0.2) is 4.79 Å². The van der Waals surface area contributed by atoms with E-state index in [1.54, 1.807) is 14.2 Å². The maximum Gasteiger partial charge on any atom is 0.359 e. The van der Waals surface area contributed by atoms with Crippen molar-refractivity contribution in [2.75, 3.05) is 27.3 Å². The fourth-order valence-electron chi connectivity index (χ4n) is 3.54. The molecular weight excluding hydrogens is 386 g/mol. The molecule has 2 N–H and O–H groups in total. The van der Waals surface area contributed by atoms with Crippen molar-refractivity contribution >= 4 is 21.9 Å². The Morgan fingerprint density at radius 3 is 2.44 bits per heavy atom. The third-order valence-corrected chi connectivity index (χ3v) is 5.19. The summed E-state index contributed by atoms with van der Waals surface area (Å²) in [6, 6.07) is 12.0. The van der Waals surface area contributed by atoms with Crippen LogP contribution in [0.2, 0.25) is 0 Å². The van der Waals surface area contributed by atoms with Crippen LogP contribution in [0.3, 0.4) is 0 Å². The van der Waals surface area contributed by atoms with E-state index in [2.05, 4.69) is 15.9 Å². The number of carboxylic acids is 1. The predicted octanol–water partition coefficient (Wildman–Crippen LogP) is 2.08. The van der Waals surface area contributed by atoms with Crippen molar-refractivity contribution in [1.82, 2.24) is 0 Å². The van der Waals surface area contributed by atoms with Gasteiger partial charge in [0.05, 0.1) is 20.8 Å². The van der Waals surface area contributed by atoms with Crippen LogP contribution in [0, 0.1) is 0 Å². The highest BCUT2D eigenvalue weighted by Crippen LogP contribution is 2.36. The molecule has 0 bridgehead atoms. The number of rotatable bonds is 5. The summed E-state index contributed by atoms with van der Waals surface area (Å²) in [5.74, 6) is 0.582. The molecule has 0 spiro atoms. The predicted molar refractivity (Wildman–Crippen MR) is 97.6 cm³/mol. The van der Waals surface area contributed by atoms with Crippen LogP contribution in [-0.2, 0) is 11.2 Å². The van der Waals surface area contributed by atoms with Gasteiger partial charge in [0.15, 0.2) is 18.0 Å². The Hall–Kier alpha value is -2.05. The Morgan fingerprint density at radius 2 is 1.84 bits per heavy atom. The van der Waals surface area contributed by atoms with Crippen molar-refractivity contribution in [2.24, 2.45) is 0 Å². The highest BCUT2D eigenvalue weighted by Gasteiger charge is 2.34. The first-order valence-electron chi connectivity index (χ1n) is 8.10. The molecule has 0 saturated heterocycles.